The predicted molar refractivity (Wildman–Crippen MR) is 84.6 cm³/mol. The van der Waals surface area contributed by atoms with Crippen LogP contribution in [0.3, 0.4) is 0 Å². The molecule has 112 valence electrons. The lowest BCUT2D eigenvalue weighted by Crippen LogP contribution is -2.36. The first-order valence-electron chi connectivity index (χ1n) is 7.56. The van der Waals surface area contributed by atoms with Crippen molar-refractivity contribution in [2.24, 2.45) is 5.92 Å². The number of aromatic nitrogens is 2. The third kappa shape index (κ3) is 2.82. The van der Waals surface area contributed by atoms with Gasteiger partial charge < -0.3 is 9.72 Å². The first kappa shape index (κ1) is 15.6. The molecule has 20 heavy (non-hydrogen) atoms. The van der Waals surface area contributed by atoms with Gasteiger partial charge in [0.1, 0.15) is 16.1 Å². The van der Waals surface area contributed by atoms with Crippen molar-refractivity contribution < 1.29 is 4.74 Å². The largest absolute Gasteiger partial charge is 0.370 e. The first-order chi connectivity index (χ1) is 9.39. The van der Waals surface area contributed by atoms with Crippen LogP contribution >= 0.6 is 12.2 Å². The van der Waals surface area contributed by atoms with Crippen LogP contribution in [-0.2, 0) is 10.3 Å². The van der Waals surface area contributed by atoms with E-state index in [9.17, 15) is 0 Å². The summed E-state index contributed by atoms with van der Waals surface area (Å²) < 4.78 is 6.63. The monoisotopic (exact) mass is 294 g/mol. The van der Waals surface area contributed by atoms with E-state index in [-0.39, 0.29) is 5.60 Å². The molecule has 1 aromatic rings. The van der Waals surface area contributed by atoms with E-state index in [1.807, 2.05) is 0 Å². The van der Waals surface area contributed by atoms with Crippen molar-refractivity contribution in [3.63, 3.8) is 0 Å². The highest BCUT2D eigenvalue weighted by molar-refractivity contribution is 7.71. The van der Waals surface area contributed by atoms with Gasteiger partial charge in [-0.2, -0.15) is 0 Å². The van der Waals surface area contributed by atoms with Crippen molar-refractivity contribution in [3.8, 4) is 0 Å². The maximum atomic E-state index is 5.91. The van der Waals surface area contributed by atoms with Gasteiger partial charge in [-0.3, -0.25) is 0 Å². The highest BCUT2D eigenvalue weighted by atomic mass is 32.1. The van der Waals surface area contributed by atoms with Crippen LogP contribution in [0.5, 0.6) is 0 Å². The van der Waals surface area contributed by atoms with Gasteiger partial charge >= 0.3 is 0 Å². The summed E-state index contributed by atoms with van der Waals surface area (Å²) in [5, 5.41) is 0. The zero-order valence-corrected chi connectivity index (χ0v) is 14.1. The van der Waals surface area contributed by atoms with E-state index in [4.69, 9.17) is 21.9 Å². The number of nitrogens with zero attached hydrogens (tertiary/aromatic N) is 1. The smallest absolute Gasteiger partial charge is 0.140 e. The topological polar surface area (TPSA) is 37.9 Å². The number of rotatable bonds is 3. The number of hydrogen-bond donors (Lipinski definition) is 1. The third-order valence-corrected chi connectivity index (χ3v) is 4.82. The highest BCUT2D eigenvalue weighted by Crippen LogP contribution is 2.41. The molecule has 4 heteroatoms. The highest BCUT2D eigenvalue weighted by Gasteiger charge is 2.39. The molecule has 2 rings (SSSR count). The molecule has 0 saturated heterocycles. The zero-order chi connectivity index (χ0) is 14.9. The Balaban J connectivity index is 2.49. The molecule has 3 nitrogen and oxygen atoms in total. The molecule has 1 aliphatic rings. The fourth-order valence-electron chi connectivity index (χ4n) is 3.49. The molecule has 2 unspecified atom stereocenters. The van der Waals surface area contributed by atoms with E-state index in [0.717, 1.165) is 34.6 Å². The molecule has 1 fully saturated rings. The van der Waals surface area contributed by atoms with Crippen molar-refractivity contribution in [2.45, 2.75) is 64.9 Å². The molecule has 1 saturated carbocycles. The summed E-state index contributed by atoms with van der Waals surface area (Å²) in [6.45, 7) is 8.69. The number of H-pyrrole nitrogens is 1. The standard InChI is InChI=1S/C16H26N2OS/c1-10(2)13-12(4)17-15(18-14(13)20)16(19-5)8-6-7-11(3)9-16/h10-11H,6-9H2,1-5H3,(H,17,18,20). The minimum atomic E-state index is -0.286. The van der Waals surface area contributed by atoms with E-state index in [0.29, 0.717) is 11.8 Å². The second-order valence-corrected chi connectivity index (χ2v) is 6.87. The molecule has 0 radical (unpaired) electrons. The number of methoxy groups -OCH3 is 1. The van der Waals surface area contributed by atoms with Crippen LogP contribution in [0.25, 0.3) is 0 Å². The van der Waals surface area contributed by atoms with Crippen molar-refractivity contribution in [1.82, 2.24) is 9.97 Å². The molecule has 1 heterocycles. The zero-order valence-electron chi connectivity index (χ0n) is 13.2. The summed E-state index contributed by atoms with van der Waals surface area (Å²) in [5.41, 5.74) is 1.99. The van der Waals surface area contributed by atoms with E-state index in [2.05, 4.69) is 32.7 Å². The molecule has 1 aromatic heterocycles. The molecular weight excluding hydrogens is 268 g/mol. The van der Waals surface area contributed by atoms with Crippen LogP contribution in [0.4, 0.5) is 0 Å². The molecular formula is C16H26N2OS. The second-order valence-electron chi connectivity index (χ2n) is 6.48. The molecule has 0 aliphatic heterocycles. The summed E-state index contributed by atoms with van der Waals surface area (Å²) in [6.07, 6.45) is 4.49. The van der Waals surface area contributed by atoms with Gasteiger partial charge in [-0.1, -0.05) is 39.4 Å². The summed E-state index contributed by atoms with van der Waals surface area (Å²) in [5.74, 6) is 1.97. The SMILES string of the molecule is COC1(c2nc(=S)c(C(C)C)c(C)[nH]2)CCCC(C)C1. The predicted octanol–water partition coefficient (Wildman–Crippen LogP) is 4.62. The number of hydrogen-bond acceptors (Lipinski definition) is 3. The van der Waals surface area contributed by atoms with Crippen molar-refractivity contribution in [1.29, 1.82) is 0 Å². The minimum absolute atomic E-state index is 0.286. The maximum absolute atomic E-state index is 5.91. The Labute approximate surface area is 127 Å². The molecule has 1 aliphatic carbocycles. The average Bonchev–Trinajstić information content (AvgIpc) is 2.37. The van der Waals surface area contributed by atoms with Gasteiger partial charge in [0, 0.05) is 18.4 Å². The van der Waals surface area contributed by atoms with Gasteiger partial charge in [-0.15, -0.1) is 0 Å². The minimum Gasteiger partial charge on any atom is -0.370 e. The van der Waals surface area contributed by atoms with E-state index in [1.54, 1.807) is 7.11 Å². The lowest BCUT2D eigenvalue weighted by atomic mass is 9.78. The Kier molecular flexibility index (Phi) is 4.65. The van der Waals surface area contributed by atoms with Crippen molar-refractivity contribution in [2.75, 3.05) is 7.11 Å². The van der Waals surface area contributed by atoms with Crippen LogP contribution < -0.4 is 0 Å². The van der Waals surface area contributed by atoms with Gasteiger partial charge in [0.15, 0.2) is 0 Å². The Morgan fingerprint density at radius 2 is 2.15 bits per heavy atom. The van der Waals surface area contributed by atoms with Crippen LogP contribution in [0.1, 0.15) is 69.5 Å². The molecule has 1 N–H and O–H groups in total. The Morgan fingerprint density at radius 1 is 1.45 bits per heavy atom. The van der Waals surface area contributed by atoms with Crippen LogP contribution in [0.2, 0.25) is 0 Å². The molecule has 0 spiro atoms. The summed E-state index contributed by atoms with van der Waals surface area (Å²) >= 11 is 5.51. The van der Waals surface area contributed by atoms with E-state index >= 15 is 0 Å². The summed E-state index contributed by atoms with van der Waals surface area (Å²) in [7, 11) is 1.79. The molecule has 0 bridgehead atoms. The quantitative estimate of drug-likeness (QED) is 0.826. The van der Waals surface area contributed by atoms with Crippen LogP contribution in [0, 0.1) is 17.5 Å². The van der Waals surface area contributed by atoms with E-state index < -0.39 is 0 Å². The Morgan fingerprint density at radius 3 is 2.65 bits per heavy atom. The molecule has 0 aromatic carbocycles. The van der Waals surface area contributed by atoms with Crippen molar-refractivity contribution >= 4 is 12.2 Å². The number of nitrogens with one attached hydrogen (secondary N) is 1. The van der Waals surface area contributed by atoms with Gasteiger partial charge in [-0.25, -0.2) is 4.98 Å². The lowest BCUT2D eigenvalue weighted by molar-refractivity contribution is -0.0648. The van der Waals surface area contributed by atoms with Gasteiger partial charge in [0.2, 0.25) is 0 Å². The fraction of sp³-hybridized carbons (Fsp3) is 0.750. The van der Waals surface area contributed by atoms with Gasteiger partial charge in [-0.05, 0) is 38.0 Å². The normalized spacial score (nSPS) is 27.0. The molecule has 2 atom stereocenters. The molecule has 0 amide bonds. The third-order valence-electron chi connectivity index (χ3n) is 4.51. The first-order valence-corrected chi connectivity index (χ1v) is 7.97. The summed E-state index contributed by atoms with van der Waals surface area (Å²) in [4.78, 5) is 8.17. The van der Waals surface area contributed by atoms with Gasteiger partial charge in [0.25, 0.3) is 0 Å². The van der Waals surface area contributed by atoms with Crippen LogP contribution in [0.15, 0.2) is 0 Å². The van der Waals surface area contributed by atoms with Crippen LogP contribution in [-0.4, -0.2) is 17.1 Å². The average molecular weight is 294 g/mol. The Hall–Kier alpha value is -0.740. The van der Waals surface area contributed by atoms with E-state index in [1.165, 1.54) is 12.8 Å². The second kappa shape index (κ2) is 5.94. The van der Waals surface area contributed by atoms with Gasteiger partial charge in [0.05, 0.1) is 0 Å². The summed E-state index contributed by atoms with van der Waals surface area (Å²) in [6, 6.07) is 0. The number of ether oxygens (including phenoxy) is 1. The number of aromatic amines is 1. The fourth-order valence-corrected chi connectivity index (χ4v) is 3.97. The van der Waals surface area contributed by atoms with Crippen molar-refractivity contribution in [3.05, 3.63) is 21.7 Å². The Bertz CT molecular complexity index is 538. The lowest BCUT2D eigenvalue weighted by Gasteiger charge is -2.38. The maximum Gasteiger partial charge on any atom is 0.140 e. The number of aryl methyl sites for hydroxylation is 1.